The summed E-state index contributed by atoms with van der Waals surface area (Å²) in [6, 6.07) is 0. The van der Waals surface area contributed by atoms with Gasteiger partial charge in [0.15, 0.2) is 0 Å². The second-order valence-corrected chi connectivity index (χ2v) is 1.39. The first-order valence-electron chi connectivity index (χ1n) is 2.82. The first-order valence-corrected chi connectivity index (χ1v) is 2.37. The van der Waals surface area contributed by atoms with Gasteiger partial charge in [0.25, 0.3) is 0 Å². The Morgan fingerprint density at radius 1 is 1.89 bits per heavy atom. The zero-order valence-electron chi connectivity index (χ0n) is 6.07. The fourth-order valence-corrected chi connectivity index (χ4v) is 0.302. The van der Waals surface area contributed by atoms with E-state index in [4.69, 9.17) is 25.1 Å². The van der Waals surface area contributed by atoms with Gasteiger partial charge in [-0.25, -0.2) is 0 Å². The average molecular weight is 115 g/mol. The fraction of sp³-hybridized carbons (Fsp3) is 1.00. The number of rotatable bonds is 4. The quantitative estimate of drug-likeness (QED) is 0.337. The SMILES string of the molecule is [2H]N([B])CN([B])CN=B[B]. The molecule has 0 aliphatic rings. The molecule has 0 aliphatic heterocycles. The first kappa shape index (κ1) is 7.09. The maximum atomic E-state index is 6.75. The van der Waals surface area contributed by atoms with Gasteiger partial charge in [-0.05, 0) is 0 Å². The van der Waals surface area contributed by atoms with E-state index in [2.05, 4.69) is 4.90 Å². The summed E-state index contributed by atoms with van der Waals surface area (Å²) in [7, 11) is 15.2. The predicted molar refractivity (Wildman–Crippen MR) is 40.2 cm³/mol. The van der Waals surface area contributed by atoms with Crippen molar-refractivity contribution in [1.82, 2.24) is 10.0 Å². The molecular weight excluding hydrogens is 109 g/mol. The van der Waals surface area contributed by atoms with E-state index in [0.717, 1.165) is 6.96 Å². The van der Waals surface area contributed by atoms with E-state index in [0.29, 0.717) is 5.22 Å². The Morgan fingerprint density at radius 2 is 2.56 bits per heavy atom. The van der Waals surface area contributed by atoms with Crippen LogP contribution in [0.1, 0.15) is 0 Å². The number of hydrogen-bond acceptors (Lipinski definition) is 3. The summed E-state index contributed by atoms with van der Waals surface area (Å²) in [5.74, 6) is 0. The summed E-state index contributed by atoms with van der Waals surface area (Å²) in [6.07, 6.45) is 0. The Balaban J connectivity index is 3.33. The summed E-state index contributed by atoms with van der Waals surface area (Å²) in [4.78, 5) is 4.86. The van der Waals surface area contributed by atoms with Crippen LogP contribution >= 0.6 is 0 Å². The molecule has 0 amide bonds. The molecule has 0 fully saturated rings. The predicted octanol–water partition coefficient (Wildman–Crippen LogP) is -2.07. The molecule has 0 saturated carbocycles. The normalized spacial score (nSPS) is 12.4. The van der Waals surface area contributed by atoms with E-state index < -0.39 is 0 Å². The molecule has 0 aliphatic carbocycles. The van der Waals surface area contributed by atoms with E-state index in [1.54, 1.807) is 0 Å². The van der Waals surface area contributed by atoms with Gasteiger partial charge in [0.2, 0.25) is 0 Å². The molecule has 0 aromatic heterocycles. The van der Waals surface area contributed by atoms with Crippen LogP contribution in [0.5, 0.6) is 0 Å². The van der Waals surface area contributed by atoms with Crippen LogP contribution in [0.2, 0.25) is 1.41 Å². The van der Waals surface area contributed by atoms with Crippen molar-refractivity contribution in [3.63, 3.8) is 0 Å². The van der Waals surface area contributed by atoms with Crippen molar-refractivity contribution in [3.8, 4) is 0 Å². The van der Waals surface area contributed by atoms with Gasteiger partial charge in [0.1, 0.15) is 0 Å². The van der Waals surface area contributed by atoms with Crippen LogP contribution in [0.3, 0.4) is 0 Å². The van der Waals surface area contributed by atoms with E-state index >= 15 is 0 Å². The molecule has 9 heavy (non-hydrogen) atoms. The van der Waals surface area contributed by atoms with Crippen LogP contribution in [0.4, 0.5) is 0 Å². The third-order valence-corrected chi connectivity index (χ3v) is 0.632. The fourth-order valence-electron chi connectivity index (χ4n) is 0.302. The zero-order valence-corrected chi connectivity index (χ0v) is 5.07. The van der Waals surface area contributed by atoms with Gasteiger partial charge in [-0.15, -0.1) is 0 Å². The molecule has 0 saturated heterocycles. The van der Waals surface area contributed by atoms with Crippen molar-refractivity contribution in [2.45, 2.75) is 0 Å². The Kier molecular flexibility index (Phi) is 4.81. The molecular formula is C2H5B4N3. The van der Waals surface area contributed by atoms with Crippen molar-refractivity contribution in [1.29, 1.82) is 0 Å². The van der Waals surface area contributed by atoms with Gasteiger partial charge < -0.3 is 0 Å². The van der Waals surface area contributed by atoms with Gasteiger partial charge in [0, 0.05) is 0 Å². The van der Waals surface area contributed by atoms with Crippen molar-refractivity contribution < 1.29 is 1.41 Å². The van der Waals surface area contributed by atoms with E-state index in [9.17, 15) is 0 Å². The first-order chi connectivity index (χ1) is 4.66. The van der Waals surface area contributed by atoms with Crippen molar-refractivity contribution in [3.05, 3.63) is 0 Å². The van der Waals surface area contributed by atoms with Crippen LogP contribution in [0.25, 0.3) is 0 Å². The molecule has 3 nitrogen and oxygen atoms in total. The molecule has 0 aromatic rings. The molecule has 0 aromatic carbocycles. The standard InChI is InChI=1S/C2H5B4N3/c3-6-8-2-9(5)1-7-4/h7H,1-2H2/i7D. The molecule has 0 bridgehead atoms. The monoisotopic (exact) mass is 116 g/mol. The molecule has 7 heteroatoms. The van der Waals surface area contributed by atoms with Crippen molar-refractivity contribution in [2.75, 3.05) is 13.3 Å². The molecule has 6 radical (unpaired) electrons. The number of nitrogens with one attached hydrogen (secondary N) is 1. The average Bonchev–Trinajstić information content (AvgIpc) is 1.82. The van der Waals surface area contributed by atoms with Gasteiger partial charge in [-0.3, -0.25) is 0 Å². The third-order valence-electron chi connectivity index (χ3n) is 0.632. The Bertz CT molecular complexity index is 109. The van der Waals surface area contributed by atoms with Crippen LogP contribution < -0.4 is 5.22 Å². The van der Waals surface area contributed by atoms with E-state index in [1.165, 1.54) is 4.81 Å². The molecule has 40 valence electrons. The molecule has 0 rings (SSSR count). The van der Waals surface area contributed by atoms with E-state index in [-0.39, 0.29) is 13.3 Å². The minimum atomic E-state index is 0.122. The molecule has 0 heterocycles. The van der Waals surface area contributed by atoms with Gasteiger partial charge in [-0.1, -0.05) is 0 Å². The molecule has 0 unspecified atom stereocenters. The molecule has 0 atom stereocenters. The summed E-state index contributed by atoms with van der Waals surface area (Å²) >= 11 is 0. The third kappa shape index (κ3) is 5.86. The number of hydrogen-bond donors (Lipinski definition) is 1. The summed E-state index contributed by atoms with van der Waals surface area (Å²) in [5, 5.41) is 0.700. The van der Waals surface area contributed by atoms with Gasteiger partial charge >= 0.3 is 60.3 Å². The van der Waals surface area contributed by atoms with Crippen LogP contribution in [-0.2, 0) is 0 Å². The van der Waals surface area contributed by atoms with Crippen LogP contribution in [0, 0.1) is 0 Å². The molecule has 0 spiro atoms. The van der Waals surface area contributed by atoms with Crippen molar-refractivity contribution in [2.24, 2.45) is 4.90 Å². The molecule has 1 N–H and O–H groups in total. The topological polar surface area (TPSA) is 27.6 Å². The zero-order chi connectivity index (χ0) is 7.98. The minimum absolute atomic E-state index is 0.122. The van der Waals surface area contributed by atoms with E-state index in [1.807, 2.05) is 0 Å². The van der Waals surface area contributed by atoms with Gasteiger partial charge in [0.05, 0.1) is 0 Å². The second kappa shape index (κ2) is 6.11. The number of nitrogens with zero attached hydrogens (tertiary/aromatic N) is 2. The maximum absolute atomic E-state index is 6.75. The Labute approximate surface area is 61.2 Å². The summed E-state index contributed by atoms with van der Waals surface area (Å²) in [5.41, 5.74) is 0. The Morgan fingerprint density at radius 3 is 3.00 bits per heavy atom. The summed E-state index contributed by atoms with van der Waals surface area (Å²) < 4.78 is 6.75. The van der Waals surface area contributed by atoms with Crippen LogP contribution in [0.15, 0.2) is 4.90 Å². The summed E-state index contributed by atoms with van der Waals surface area (Å²) in [6.45, 7) is 1.51. The van der Waals surface area contributed by atoms with Crippen LogP contribution in [-0.4, -0.2) is 48.8 Å². The van der Waals surface area contributed by atoms with Crippen molar-refractivity contribution >= 4 is 30.7 Å². The Hall–Kier alpha value is -0.0203. The van der Waals surface area contributed by atoms with Gasteiger partial charge in [-0.2, -0.15) is 0 Å². The second-order valence-electron chi connectivity index (χ2n) is 1.39.